The number of carbonyl (C=O) groups is 4. The summed E-state index contributed by atoms with van der Waals surface area (Å²) in [6, 6.07) is 1.47. The molecule has 0 bridgehead atoms. The summed E-state index contributed by atoms with van der Waals surface area (Å²) < 4.78 is 142. The monoisotopic (exact) mass is 586 g/mol. The third-order valence-electron chi connectivity index (χ3n) is 5.29. The van der Waals surface area contributed by atoms with Gasteiger partial charge in [-0.15, -0.1) is 0 Å². The summed E-state index contributed by atoms with van der Waals surface area (Å²) in [5.41, 5.74) is -1.54. The Hall–Kier alpha value is -3.67. The van der Waals surface area contributed by atoms with Crippen molar-refractivity contribution >= 4 is 35.0 Å². The van der Waals surface area contributed by atoms with Crippen LogP contribution in [0.1, 0.15) is 6.42 Å². The molecule has 0 radical (unpaired) electrons. The van der Waals surface area contributed by atoms with Crippen LogP contribution in [0.15, 0.2) is 24.3 Å². The van der Waals surface area contributed by atoms with Gasteiger partial charge in [-0.2, -0.15) is 48.3 Å². The molecular formula is C20H17F11N4O4. The van der Waals surface area contributed by atoms with Crippen LogP contribution in [0.2, 0.25) is 0 Å². The fourth-order valence-electron chi connectivity index (χ4n) is 3.35. The number of likely N-dealkylation sites (N-methyl/N-ethyl adjacent to an activating group) is 1. The lowest BCUT2D eigenvalue weighted by molar-refractivity contribution is -0.278. The number of halogens is 11. The van der Waals surface area contributed by atoms with Gasteiger partial charge in [-0.25, -0.2) is 0 Å². The number of hydrogen-bond acceptors (Lipinski definition) is 4. The molecule has 1 aliphatic heterocycles. The first kappa shape index (κ1) is 31.5. The van der Waals surface area contributed by atoms with Crippen LogP contribution in [-0.4, -0.2) is 85.7 Å². The highest BCUT2D eigenvalue weighted by Crippen LogP contribution is 2.38. The van der Waals surface area contributed by atoms with Gasteiger partial charge in [0.05, 0.1) is 24.5 Å². The summed E-state index contributed by atoms with van der Waals surface area (Å²) in [7, 11) is 0.653. The number of amides is 4. The molecule has 0 unspecified atom stereocenters. The number of para-hydroxylation sites is 2. The van der Waals surface area contributed by atoms with E-state index in [0.29, 0.717) is 7.05 Å². The minimum Gasteiger partial charge on any atom is -0.349 e. The summed E-state index contributed by atoms with van der Waals surface area (Å²) in [6.45, 7) is -5.70. The Morgan fingerprint density at radius 3 is 1.97 bits per heavy atom. The Morgan fingerprint density at radius 2 is 1.49 bits per heavy atom. The maximum absolute atomic E-state index is 13.3. The molecular weight excluding hydrogens is 569 g/mol. The summed E-state index contributed by atoms with van der Waals surface area (Å²) in [4.78, 5) is 49.6. The zero-order valence-electron chi connectivity index (χ0n) is 19.3. The van der Waals surface area contributed by atoms with Gasteiger partial charge in [0.25, 0.3) is 5.91 Å². The van der Waals surface area contributed by atoms with Crippen molar-refractivity contribution in [3.63, 3.8) is 0 Å². The van der Waals surface area contributed by atoms with E-state index in [1.807, 2.05) is 0 Å². The second kappa shape index (κ2) is 10.8. The topological polar surface area (TPSA) is 90.0 Å². The first-order valence-corrected chi connectivity index (χ1v) is 10.4. The molecule has 1 aromatic carbocycles. The Morgan fingerprint density at radius 1 is 0.949 bits per heavy atom. The third-order valence-corrected chi connectivity index (χ3v) is 5.29. The van der Waals surface area contributed by atoms with Gasteiger partial charge in [0.2, 0.25) is 11.8 Å². The van der Waals surface area contributed by atoms with E-state index in [1.54, 1.807) is 0 Å². The minimum absolute atomic E-state index is 0.0304. The van der Waals surface area contributed by atoms with E-state index in [-0.39, 0.29) is 14.7 Å². The SMILES string of the molecule is CN(C(=O)CC(=O)NCC(F)(F)C(F)(F)F)[C@H]1CN(C(=O)C(F)(F)F)c2ccccc2N(CC(F)(F)F)C1=O. The van der Waals surface area contributed by atoms with Gasteiger partial charge in [0.15, 0.2) is 0 Å². The molecule has 0 spiro atoms. The fraction of sp³-hybridized carbons (Fsp3) is 0.500. The molecule has 0 fully saturated rings. The number of fused-ring (bicyclic) bond motifs is 1. The standard InChI is InChI=1S/C20H17F11N4O4/c1-33(14(37)6-13(36)32-8-17(21,22)20(29,30)31)12-7-34(16(39)19(26,27)28)10-4-2-3-5-11(10)35(15(12)38)9-18(23,24)25/h2-5,12H,6-9H2,1H3,(H,32,36)/t12-/m0/s1. The maximum atomic E-state index is 13.3. The summed E-state index contributed by atoms with van der Waals surface area (Å²) in [6.07, 6.45) is -18.3. The predicted octanol–water partition coefficient (Wildman–Crippen LogP) is 3.02. The average molecular weight is 586 g/mol. The Labute approximate surface area is 211 Å². The first-order chi connectivity index (χ1) is 17.6. The van der Waals surface area contributed by atoms with E-state index in [2.05, 4.69) is 0 Å². The van der Waals surface area contributed by atoms with E-state index < -0.39 is 91.6 Å². The van der Waals surface area contributed by atoms with Crippen LogP contribution in [-0.2, 0) is 19.2 Å². The molecule has 2 rings (SSSR count). The first-order valence-electron chi connectivity index (χ1n) is 10.4. The van der Waals surface area contributed by atoms with Crippen molar-refractivity contribution < 1.29 is 67.5 Å². The van der Waals surface area contributed by atoms with Gasteiger partial charge in [-0.1, -0.05) is 12.1 Å². The summed E-state index contributed by atoms with van der Waals surface area (Å²) >= 11 is 0. The third kappa shape index (κ3) is 7.47. The molecule has 0 aromatic heterocycles. The van der Waals surface area contributed by atoms with Gasteiger partial charge < -0.3 is 10.2 Å². The molecule has 39 heavy (non-hydrogen) atoms. The van der Waals surface area contributed by atoms with Gasteiger partial charge in [-0.05, 0) is 12.1 Å². The predicted molar refractivity (Wildman–Crippen MR) is 108 cm³/mol. The number of nitrogens with zero attached hydrogens (tertiary/aromatic N) is 3. The van der Waals surface area contributed by atoms with Crippen LogP contribution in [0.4, 0.5) is 59.7 Å². The van der Waals surface area contributed by atoms with Gasteiger partial charge in [-0.3, -0.25) is 29.0 Å². The molecule has 0 aliphatic carbocycles. The lowest BCUT2D eigenvalue weighted by Crippen LogP contribution is -2.56. The molecule has 1 aromatic rings. The van der Waals surface area contributed by atoms with Gasteiger partial charge in [0, 0.05) is 7.05 Å². The number of rotatable bonds is 6. The Bertz CT molecular complexity index is 1100. The van der Waals surface area contributed by atoms with Crippen molar-refractivity contribution in [3.05, 3.63) is 24.3 Å². The van der Waals surface area contributed by atoms with Crippen molar-refractivity contribution in [2.45, 2.75) is 36.9 Å². The lowest BCUT2D eigenvalue weighted by atomic mass is 10.2. The molecule has 1 heterocycles. The highest BCUT2D eigenvalue weighted by molar-refractivity contribution is 6.09. The number of anilines is 2. The van der Waals surface area contributed by atoms with E-state index in [1.165, 1.54) is 0 Å². The van der Waals surface area contributed by atoms with Crippen LogP contribution >= 0.6 is 0 Å². The van der Waals surface area contributed by atoms with Crippen LogP contribution < -0.4 is 15.1 Å². The number of nitrogens with one attached hydrogen (secondary N) is 1. The van der Waals surface area contributed by atoms with Gasteiger partial charge in [0.1, 0.15) is 19.0 Å². The van der Waals surface area contributed by atoms with E-state index in [9.17, 15) is 67.5 Å². The van der Waals surface area contributed by atoms with Crippen LogP contribution in [0.3, 0.4) is 0 Å². The molecule has 0 saturated heterocycles. The van der Waals surface area contributed by atoms with E-state index in [0.717, 1.165) is 29.6 Å². The minimum atomic E-state index is -6.06. The summed E-state index contributed by atoms with van der Waals surface area (Å²) in [5, 5.41) is 1.13. The number of benzene rings is 1. The largest absolute Gasteiger partial charge is 0.471 e. The summed E-state index contributed by atoms with van der Waals surface area (Å²) in [5.74, 6) is -12.9. The second-order valence-electron chi connectivity index (χ2n) is 8.12. The molecule has 1 aliphatic rings. The van der Waals surface area contributed by atoms with Crippen molar-refractivity contribution in [3.8, 4) is 0 Å². The number of hydrogen-bond donors (Lipinski definition) is 1. The van der Waals surface area contributed by atoms with Gasteiger partial charge >= 0.3 is 30.4 Å². The average Bonchev–Trinajstić information content (AvgIpc) is 2.89. The smallest absolute Gasteiger partial charge is 0.349 e. The second-order valence-corrected chi connectivity index (χ2v) is 8.12. The van der Waals surface area contributed by atoms with Crippen molar-refractivity contribution in [2.24, 2.45) is 0 Å². The highest BCUT2D eigenvalue weighted by atomic mass is 19.4. The Balaban J connectivity index is 2.41. The molecule has 4 amide bonds. The molecule has 1 atom stereocenters. The fourth-order valence-corrected chi connectivity index (χ4v) is 3.35. The molecule has 19 heteroatoms. The molecule has 1 N–H and O–H groups in total. The van der Waals surface area contributed by atoms with Crippen LogP contribution in [0.25, 0.3) is 0 Å². The van der Waals surface area contributed by atoms with Crippen molar-refractivity contribution in [1.82, 2.24) is 10.2 Å². The van der Waals surface area contributed by atoms with E-state index in [4.69, 9.17) is 0 Å². The van der Waals surface area contributed by atoms with Crippen LogP contribution in [0.5, 0.6) is 0 Å². The highest BCUT2D eigenvalue weighted by Gasteiger charge is 2.57. The Kier molecular flexibility index (Phi) is 8.76. The van der Waals surface area contributed by atoms with Crippen LogP contribution in [0, 0.1) is 0 Å². The quantitative estimate of drug-likeness (QED) is 0.410. The number of alkyl halides is 11. The maximum Gasteiger partial charge on any atom is 0.471 e. The normalized spacial score (nSPS) is 16.9. The molecule has 218 valence electrons. The van der Waals surface area contributed by atoms with Crippen molar-refractivity contribution in [1.29, 1.82) is 0 Å². The zero-order valence-corrected chi connectivity index (χ0v) is 19.3. The van der Waals surface area contributed by atoms with E-state index >= 15 is 0 Å². The lowest BCUT2D eigenvalue weighted by Gasteiger charge is -2.31. The molecule has 8 nitrogen and oxygen atoms in total. The zero-order chi connectivity index (χ0) is 30.1. The molecule has 0 saturated carbocycles. The number of carbonyl (C=O) groups excluding carboxylic acids is 4. The van der Waals surface area contributed by atoms with Crippen molar-refractivity contribution in [2.75, 3.05) is 36.5 Å².